The van der Waals surface area contributed by atoms with Crippen LogP contribution in [0.5, 0.6) is 0 Å². The number of nitrogens with zero attached hydrogens (tertiary/aromatic N) is 3. The van der Waals surface area contributed by atoms with Crippen LogP contribution in [0.25, 0.3) is 0 Å². The van der Waals surface area contributed by atoms with Gasteiger partial charge >= 0.3 is 0 Å². The Kier molecular flexibility index (Phi) is 5.02. The van der Waals surface area contributed by atoms with Crippen LogP contribution in [0.2, 0.25) is 0 Å². The number of hydrogen-bond acceptors (Lipinski definition) is 4. The second-order valence-corrected chi connectivity index (χ2v) is 6.47. The maximum atomic E-state index is 12.6. The lowest BCUT2D eigenvalue weighted by atomic mass is 9.85. The van der Waals surface area contributed by atoms with Crippen molar-refractivity contribution < 1.29 is 14.3 Å². The molecule has 2 fully saturated rings. The minimum Gasteiger partial charge on any atom is -0.377 e. The van der Waals surface area contributed by atoms with E-state index in [4.69, 9.17) is 9.47 Å². The molecule has 0 bridgehead atoms. The van der Waals surface area contributed by atoms with Crippen LogP contribution >= 0.6 is 0 Å². The number of methoxy groups -OCH3 is 1. The van der Waals surface area contributed by atoms with E-state index in [1.54, 1.807) is 13.3 Å². The smallest absolute Gasteiger partial charge is 0.224 e. The van der Waals surface area contributed by atoms with E-state index in [0.717, 1.165) is 44.7 Å². The number of amides is 1. The fraction of sp³-hybridized carbons (Fsp3) is 0.765. The number of rotatable bonds is 5. The first-order valence-corrected chi connectivity index (χ1v) is 8.63. The van der Waals surface area contributed by atoms with Crippen LogP contribution in [0, 0.1) is 0 Å². The number of aryl methyl sites for hydroxylation is 2. The average molecular weight is 321 g/mol. The normalized spacial score (nSPS) is 27.7. The molecule has 3 rings (SSSR count). The molecule has 0 radical (unpaired) electrons. The Balaban J connectivity index is 1.56. The zero-order valence-electron chi connectivity index (χ0n) is 14.2. The molecule has 0 N–H and O–H groups in total. The first-order valence-electron chi connectivity index (χ1n) is 8.63. The average Bonchev–Trinajstić information content (AvgIpc) is 3.22. The van der Waals surface area contributed by atoms with E-state index < -0.39 is 0 Å². The Labute approximate surface area is 137 Å². The lowest BCUT2D eigenvalue weighted by Crippen LogP contribution is -2.57. The highest BCUT2D eigenvalue weighted by atomic mass is 16.5. The van der Waals surface area contributed by atoms with Crippen molar-refractivity contribution in [2.45, 2.75) is 57.3 Å². The monoisotopic (exact) mass is 321 g/mol. The van der Waals surface area contributed by atoms with E-state index in [1.165, 1.54) is 0 Å². The van der Waals surface area contributed by atoms with Gasteiger partial charge in [-0.05, 0) is 19.3 Å². The number of likely N-dealkylation sites (tertiary alicyclic amines) is 1. The number of ether oxygens (including phenoxy) is 2. The van der Waals surface area contributed by atoms with Crippen molar-refractivity contribution in [1.29, 1.82) is 0 Å². The minimum absolute atomic E-state index is 0.0119. The maximum Gasteiger partial charge on any atom is 0.224 e. The summed E-state index contributed by atoms with van der Waals surface area (Å²) in [5.41, 5.74) is -0.161. The van der Waals surface area contributed by atoms with Crippen molar-refractivity contribution in [3.8, 4) is 0 Å². The van der Waals surface area contributed by atoms with Gasteiger partial charge in [-0.3, -0.25) is 4.79 Å². The molecule has 1 spiro atoms. The summed E-state index contributed by atoms with van der Waals surface area (Å²) in [6, 6.07) is 0. The second kappa shape index (κ2) is 7.01. The predicted molar refractivity (Wildman–Crippen MR) is 86.1 cm³/mol. The molecule has 0 aromatic carbocycles. The molecule has 1 aromatic rings. The predicted octanol–water partition coefficient (Wildman–Crippen LogP) is 1.63. The molecule has 2 aliphatic rings. The molecule has 0 saturated carbocycles. The Morgan fingerprint density at radius 2 is 2.39 bits per heavy atom. The fourth-order valence-electron chi connectivity index (χ4n) is 3.86. The topological polar surface area (TPSA) is 56.6 Å². The van der Waals surface area contributed by atoms with Gasteiger partial charge in [0, 0.05) is 58.6 Å². The highest BCUT2D eigenvalue weighted by Gasteiger charge is 2.47. The third-order valence-electron chi connectivity index (χ3n) is 5.23. The molecule has 6 nitrogen and oxygen atoms in total. The van der Waals surface area contributed by atoms with Gasteiger partial charge in [-0.1, -0.05) is 6.92 Å². The maximum absolute atomic E-state index is 12.6. The van der Waals surface area contributed by atoms with Gasteiger partial charge in [0.2, 0.25) is 5.91 Å². The number of imidazole rings is 1. The van der Waals surface area contributed by atoms with E-state index in [9.17, 15) is 4.79 Å². The van der Waals surface area contributed by atoms with Crippen molar-refractivity contribution in [2.24, 2.45) is 0 Å². The molecule has 2 aliphatic heterocycles. The third kappa shape index (κ3) is 3.28. The van der Waals surface area contributed by atoms with Crippen LogP contribution in [0.4, 0.5) is 0 Å². The first kappa shape index (κ1) is 16.5. The van der Waals surface area contributed by atoms with Gasteiger partial charge in [0.1, 0.15) is 11.9 Å². The number of carbonyl (C=O) groups excluding carboxylic acids is 1. The molecule has 0 aliphatic carbocycles. The molecule has 6 heteroatoms. The van der Waals surface area contributed by atoms with E-state index in [1.807, 2.05) is 11.1 Å². The van der Waals surface area contributed by atoms with Crippen molar-refractivity contribution in [1.82, 2.24) is 14.5 Å². The van der Waals surface area contributed by atoms with Crippen LogP contribution < -0.4 is 0 Å². The van der Waals surface area contributed by atoms with E-state index in [2.05, 4.69) is 16.5 Å². The Bertz CT molecular complexity index is 537. The molecule has 128 valence electrons. The summed E-state index contributed by atoms with van der Waals surface area (Å²) in [5, 5.41) is 0. The van der Waals surface area contributed by atoms with Crippen molar-refractivity contribution in [3.63, 3.8) is 0 Å². The van der Waals surface area contributed by atoms with Gasteiger partial charge in [0.15, 0.2) is 0 Å². The lowest BCUT2D eigenvalue weighted by molar-refractivity contribution is -0.158. The molecule has 1 amide bonds. The number of carbonyl (C=O) groups is 1. The molecule has 23 heavy (non-hydrogen) atoms. The summed E-state index contributed by atoms with van der Waals surface area (Å²) >= 11 is 0. The summed E-state index contributed by atoms with van der Waals surface area (Å²) in [7, 11) is 1.72. The third-order valence-corrected chi connectivity index (χ3v) is 5.23. The number of hydrogen-bond donors (Lipinski definition) is 0. The largest absolute Gasteiger partial charge is 0.377 e. The molecule has 1 aromatic heterocycles. The highest BCUT2D eigenvalue weighted by Crippen LogP contribution is 2.37. The number of aromatic nitrogens is 2. The molecular formula is C17H27N3O3. The van der Waals surface area contributed by atoms with Crippen molar-refractivity contribution >= 4 is 5.91 Å². The zero-order chi connectivity index (χ0) is 16.3. The molecule has 2 saturated heterocycles. The lowest BCUT2D eigenvalue weighted by Gasteiger charge is -2.44. The van der Waals surface area contributed by atoms with Crippen LogP contribution in [0.1, 0.15) is 38.4 Å². The van der Waals surface area contributed by atoms with Gasteiger partial charge in [-0.25, -0.2) is 4.98 Å². The van der Waals surface area contributed by atoms with Crippen molar-refractivity contribution in [2.75, 3.05) is 26.8 Å². The standard InChI is InChI=1S/C17H27N3O3/c1-3-15-18-8-11-19(15)9-5-16(21)20-10-7-17(6-4-12-23-17)14(13-20)22-2/h8,11,14H,3-7,9-10,12-13H2,1-2H3/t14-,17-/m0/s1. The molecule has 2 atom stereocenters. The zero-order valence-corrected chi connectivity index (χ0v) is 14.2. The molecule has 0 unspecified atom stereocenters. The van der Waals surface area contributed by atoms with Crippen LogP contribution in [0.3, 0.4) is 0 Å². The minimum atomic E-state index is -0.161. The van der Waals surface area contributed by atoms with Gasteiger partial charge in [0.05, 0.1) is 5.60 Å². The van der Waals surface area contributed by atoms with Crippen molar-refractivity contribution in [3.05, 3.63) is 18.2 Å². The van der Waals surface area contributed by atoms with E-state index in [-0.39, 0.29) is 17.6 Å². The first-order chi connectivity index (χ1) is 11.2. The second-order valence-electron chi connectivity index (χ2n) is 6.47. The van der Waals surface area contributed by atoms with Gasteiger partial charge in [0.25, 0.3) is 0 Å². The Morgan fingerprint density at radius 1 is 1.52 bits per heavy atom. The Morgan fingerprint density at radius 3 is 3.09 bits per heavy atom. The SMILES string of the molecule is CCc1nccn1CCC(=O)N1CC[C@@]2(CCCO2)[C@@H](OC)C1. The molecule has 3 heterocycles. The quantitative estimate of drug-likeness (QED) is 0.827. The summed E-state index contributed by atoms with van der Waals surface area (Å²) in [5.74, 6) is 1.22. The summed E-state index contributed by atoms with van der Waals surface area (Å²) in [6.07, 6.45) is 8.14. The van der Waals surface area contributed by atoms with Gasteiger partial charge < -0.3 is 18.9 Å². The van der Waals surface area contributed by atoms with Gasteiger partial charge in [-0.15, -0.1) is 0 Å². The van der Waals surface area contributed by atoms with E-state index >= 15 is 0 Å². The highest BCUT2D eigenvalue weighted by molar-refractivity contribution is 5.76. The van der Waals surface area contributed by atoms with E-state index in [0.29, 0.717) is 19.5 Å². The summed E-state index contributed by atoms with van der Waals surface area (Å²) in [6.45, 7) is 4.99. The van der Waals surface area contributed by atoms with Crippen LogP contribution in [-0.4, -0.2) is 58.9 Å². The fourth-order valence-corrected chi connectivity index (χ4v) is 3.86. The van der Waals surface area contributed by atoms with Crippen LogP contribution in [-0.2, 0) is 27.2 Å². The molecular weight excluding hydrogens is 294 g/mol. The van der Waals surface area contributed by atoms with Crippen LogP contribution in [0.15, 0.2) is 12.4 Å². The summed E-state index contributed by atoms with van der Waals surface area (Å²) in [4.78, 5) is 18.8. The number of piperidine rings is 1. The van der Waals surface area contributed by atoms with Gasteiger partial charge in [-0.2, -0.15) is 0 Å². The summed E-state index contributed by atoms with van der Waals surface area (Å²) < 4.78 is 13.7. The Hall–Kier alpha value is -1.40.